The maximum atomic E-state index is 11.1. The molecule has 4 nitrogen and oxygen atoms in total. The van der Waals surface area contributed by atoms with Gasteiger partial charge in [0.25, 0.3) is 0 Å². The molecule has 26 heavy (non-hydrogen) atoms. The largest absolute Gasteiger partial charge is 0.489 e. The first kappa shape index (κ1) is 16.9. The van der Waals surface area contributed by atoms with Gasteiger partial charge >= 0.3 is 5.97 Å². The zero-order valence-corrected chi connectivity index (χ0v) is 14.9. The summed E-state index contributed by atoms with van der Waals surface area (Å²) < 4.78 is 6.02. The highest BCUT2D eigenvalue weighted by Crippen LogP contribution is 2.34. The molecule has 0 amide bonds. The molecule has 0 radical (unpaired) electrons. The van der Waals surface area contributed by atoms with Gasteiger partial charge in [-0.15, -0.1) is 11.8 Å². The summed E-state index contributed by atoms with van der Waals surface area (Å²) in [6.07, 6.45) is 0. The predicted octanol–water partition coefficient (Wildman–Crippen LogP) is 4.21. The van der Waals surface area contributed by atoms with E-state index in [0.717, 1.165) is 16.9 Å². The molecule has 0 bridgehead atoms. The summed E-state index contributed by atoms with van der Waals surface area (Å²) in [7, 11) is 0. The first-order valence-electron chi connectivity index (χ1n) is 8.50. The fourth-order valence-electron chi connectivity index (χ4n) is 3.15. The molecular formula is C21H19NO3S. The van der Waals surface area contributed by atoms with E-state index in [1.54, 1.807) is 11.8 Å². The van der Waals surface area contributed by atoms with Crippen molar-refractivity contribution in [2.24, 2.45) is 0 Å². The summed E-state index contributed by atoms with van der Waals surface area (Å²) in [5, 5.41) is 14.7. The highest BCUT2D eigenvalue weighted by atomic mass is 32.2. The van der Waals surface area contributed by atoms with Gasteiger partial charge in [0.15, 0.2) is 0 Å². The quantitative estimate of drug-likeness (QED) is 0.709. The zero-order valence-electron chi connectivity index (χ0n) is 14.1. The van der Waals surface area contributed by atoms with Crippen molar-refractivity contribution in [2.45, 2.75) is 18.0 Å². The van der Waals surface area contributed by atoms with E-state index in [-0.39, 0.29) is 5.37 Å². The van der Waals surface area contributed by atoms with Crippen LogP contribution in [0.3, 0.4) is 0 Å². The van der Waals surface area contributed by atoms with Gasteiger partial charge in [0, 0.05) is 5.75 Å². The van der Waals surface area contributed by atoms with Crippen LogP contribution in [0, 0.1) is 0 Å². The normalized spacial score (nSPS) is 19.5. The monoisotopic (exact) mass is 365 g/mol. The minimum absolute atomic E-state index is 0.0165. The molecule has 132 valence electrons. The Labute approximate surface area is 156 Å². The van der Waals surface area contributed by atoms with Gasteiger partial charge in [-0.25, -0.2) is 0 Å². The molecule has 0 spiro atoms. The lowest BCUT2D eigenvalue weighted by atomic mass is 10.1. The van der Waals surface area contributed by atoms with Crippen LogP contribution in [0.4, 0.5) is 0 Å². The second kappa shape index (κ2) is 7.40. The molecular weight excluding hydrogens is 346 g/mol. The van der Waals surface area contributed by atoms with Gasteiger partial charge in [-0.05, 0) is 34.0 Å². The van der Waals surface area contributed by atoms with E-state index < -0.39 is 12.0 Å². The van der Waals surface area contributed by atoms with E-state index in [1.807, 2.05) is 42.5 Å². The second-order valence-electron chi connectivity index (χ2n) is 6.27. The fraction of sp³-hybridized carbons (Fsp3) is 0.190. The van der Waals surface area contributed by atoms with Crippen LogP contribution in [-0.4, -0.2) is 22.9 Å². The van der Waals surface area contributed by atoms with E-state index in [4.69, 9.17) is 9.84 Å². The van der Waals surface area contributed by atoms with Crippen LogP contribution < -0.4 is 10.1 Å². The number of fused-ring (bicyclic) bond motifs is 1. The summed E-state index contributed by atoms with van der Waals surface area (Å²) in [6.45, 7) is 0.494. The van der Waals surface area contributed by atoms with Crippen LogP contribution >= 0.6 is 11.8 Å². The first-order valence-corrected chi connectivity index (χ1v) is 9.55. The van der Waals surface area contributed by atoms with E-state index >= 15 is 0 Å². The molecule has 0 aromatic heterocycles. The fourth-order valence-corrected chi connectivity index (χ4v) is 4.38. The summed E-state index contributed by atoms with van der Waals surface area (Å²) in [6, 6.07) is 21.9. The standard InChI is InChI=1S/C21H19NO3S/c23-21(24)19-13-26-20(22-19)15-7-4-9-17(11-15)25-12-16-8-3-6-14-5-1-2-10-18(14)16/h1-11,19-20,22H,12-13H2,(H,23,24). The number of carboxylic acids is 1. The van der Waals surface area contributed by atoms with Gasteiger partial charge < -0.3 is 9.84 Å². The van der Waals surface area contributed by atoms with Crippen LogP contribution in [0.2, 0.25) is 0 Å². The van der Waals surface area contributed by atoms with Gasteiger partial charge in [0.05, 0.1) is 5.37 Å². The molecule has 1 fully saturated rings. The maximum Gasteiger partial charge on any atom is 0.321 e. The Kier molecular flexibility index (Phi) is 4.82. The summed E-state index contributed by atoms with van der Waals surface area (Å²) in [4.78, 5) is 11.1. The molecule has 4 rings (SSSR count). The number of nitrogens with one attached hydrogen (secondary N) is 1. The van der Waals surface area contributed by atoms with Crippen molar-refractivity contribution in [1.29, 1.82) is 0 Å². The Morgan fingerprint density at radius 3 is 2.77 bits per heavy atom. The number of hydrogen-bond acceptors (Lipinski definition) is 4. The summed E-state index contributed by atoms with van der Waals surface area (Å²) in [5.74, 6) is 0.557. The Morgan fingerprint density at radius 1 is 1.12 bits per heavy atom. The SMILES string of the molecule is O=C(O)C1CSC(c2cccc(OCc3cccc4ccccc34)c2)N1. The minimum Gasteiger partial charge on any atom is -0.489 e. The van der Waals surface area contributed by atoms with E-state index in [9.17, 15) is 4.79 Å². The average molecular weight is 365 g/mol. The lowest BCUT2D eigenvalue weighted by Gasteiger charge is -2.14. The van der Waals surface area contributed by atoms with Crippen LogP contribution in [0.5, 0.6) is 5.75 Å². The zero-order chi connectivity index (χ0) is 17.9. The summed E-state index contributed by atoms with van der Waals surface area (Å²) >= 11 is 1.61. The lowest BCUT2D eigenvalue weighted by Crippen LogP contribution is -2.33. The van der Waals surface area contributed by atoms with E-state index in [2.05, 4.69) is 29.6 Å². The third kappa shape index (κ3) is 3.54. The summed E-state index contributed by atoms with van der Waals surface area (Å²) in [5.41, 5.74) is 2.18. The number of ether oxygens (including phenoxy) is 1. The molecule has 1 saturated heterocycles. The molecule has 2 unspecified atom stereocenters. The maximum absolute atomic E-state index is 11.1. The third-order valence-corrected chi connectivity index (χ3v) is 5.78. The lowest BCUT2D eigenvalue weighted by molar-refractivity contribution is -0.138. The van der Waals surface area contributed by atoms with Crippen LogP contribution in [0.15, 0.2) is 66.7 Å². The van der Waals surface area contributed by atoms with Gasteiger partial charge in [0.1, 0.15) is 18.4 Å². The molecule has 2 atom stereocenters. The Balaban J connectivity index is 1.48. The minimum atomic E-state index is -0.802. The number of carboxylic acid groups (broad SMARTS) is 1. The molecule has 3 aromatic rings. The van der Waals surface area contributed by atoms with Crippen molar-refractivity contribution in [2.75, 3.05) is 5.75 Å². The van der Waals surface area contributed by atoms with Crippen molar-refractivity contribution in [1.82, 2.24) is 5.32 Å². The topological polar surface area (TPSA) is 58.6 Å². The molecule has 1 aliphatic rings. The van der Waals surface area contributed by atoms with Gasteiger partial charge in [0.2, 0.25) is 0 Å². The number of rotatable bonds is 5. The second-order valence-corrected chi connectivity index (χ2v) is 7.41. The number of aliphatic carboxylic acids is 1. The van der Waals surface area contributed by atoms with Gasteiger partial charge in [-0.3, -0.25) is 10.1 Å². The molecule has 5 heteroatoms. The predicted molar refractivity (Wildman–Crippen MR) is 104 cm³/mol. The molecule has 1 aliphatic heterocycles. The van der Waals surface area contributed by atoms with Crippen molar-refractivity contribution in [3.05, 3.63) is 77.9 Å². The number of carbonyl (C=O) groups is 1. The highest BCUT2D eigenvalue weighted by Gasteiger charge is 2.30. The van der Waals surface area contributed by atoms with Crippen molar-refractivity contribution >= 4 is 28.5 Å². The molecule has 0 aliphatic carbocycles. The molecule has 3 aromatic carbocycles. The van der Waals surface area contributed by atoms with Crippen molar-refractivity contribution in [3.63, 3.8) is 0 Å². The average Bonchev–Trinajstić information content (AvgIpc) is 3.17. The Hall–Kier alpha value is -2.50. The van der Waals surface area contributed by atoms with Crippen molar-refractivity contribution in [3.8, 4) is 5.75 Å². The van der Waals surface area contributed by atoms with Crippen LogP contribution in [0.1, 0.15) is 16.5 Å². The molecule has 0 saturated carbocycles. The smallest absolute Gasteiger partial charge is 0.321 e. The van der Waals surface area contributed by atoms with E-state index in [1.165, 1.54) is 10.8 Å². The third-order valence-electron chi connectivity index (χ3n) is 4.52. The Bertz CT molecular complexity index is 938. The Morgan fingerprint density at radius 2 is 1.92 bits per heavy atom. The molecule has 1 heterocycles. The van der Waals surface area contributed by atoms with Crippen LogP contribution in [-0.2, 0) is 11.4 Å². The number of thioether (sulfide) groups is 1. The van der Waals surface area contributed by atoms with Gasteiger partial charge in [-0.2, -0.15) is 0 Å². The van der Waals surface area contributed by atoms with Crippen LogP contribution in [0.25, 0.3) is 10.8 Å². The number of hydrogen-bond donors (Lipinski definition) is 2. The van der Waals surface area contributed by atoms with E-state index in [0.29, 0.717) is 12.4 Å². The first-order chi connectivity index (χ1) is 12.7. The van der Waals surface area contributed by atoms with Crippen molar-refractivity contribution < 1.29 is 14.6 Å². The molecule has 2 N–H and O–H groups in total. The number of benzene rings is 3. The highest BCUT2D eigenvalue weighted by molar-refractivity contribution is 7.99. The van der Waals surface area contributed by atoms with Gasteiger partial charge in [-0.1, -0.05) is 54.6 Å².